The molecule has 19 heavy (non-hydrogen) atoms. The average molecular weight is 295 g/mol. The number of benzene rings is 1. The van der Waals surface area contributed by atoms with Gasteiger partial charge in [-0.1, -0.05) is 30.3 Å². The van der Waals surface area contributed by atoms with Crippen LogP contribution in [-0.2, 0) is 16.6 Å². The van der Waals surface area contributed by atoms with Crippen molar-refractivity contribution in [1.29, 1.82) is 0 Å². The lowest BCUT2D eigenvalue weighted by Crippen LogP contribution is -2.09. The summed E-state index contributed by atoms with van der Waals surface area (Å²) in [6, 6.07) is 9.90. The van der Waals surface area contributed by atoms with Crippen molar-refractivity contribution in [3.63, 3.8) is 0 Å². The van der Waals surface area contributed by atoms with Gasteiger partial charge in [-0.3, -0.25) is 4.21 Å². The predicted molar refractivity (Wildman–Crippen MR) is 80.9 cm³/mol. The van der Waals surface area contributed by atoms with Gasteiger partial charge in [-0.05, 0) is 12.5 Å². The summed E-state index contributed by atoms with van der Waals surface area (Å²) in [5.41, 5.74) is 1.09. The van der Waals surface area contributed by atoms with Crippen molar-refractivity contribution >= 4 is 27.5 Å². The van der Waals surface area contributed by atoms with E-state index in [0.717, 1.165) is 10.7 Å². The topological polar surface area (TPSA) is 46.1 Å². The molecule has 4 nitrogen and oxygen atoms in total. The van der Waals surface area contributed by atoms with Crippen molar-refractivity contribution < 1.29 is 4.21 Å². The maximum absolute atomic E-state index is 12.3. The van der Waals surface area contributed by atoms with Gasteiger partial charge >= 0.3 is 0 Å². The molecule has 0 saturated heterocycles. The highest BCUT2D eigenvalue weighted by atomic mass is 32.2. The summed E-state index contributed by atoms with van der Waals surface area (Å²) in [6.45, 7) is 1.98. The fourth-order valence-corrected chi connectivity index (χ4v) is 3.39. The van der Waals surface area contributed by atoms with Crippen LogP contribution in [0.15, 0.2) is 30.3 Å². The highest BCUT2D eigenvalue weighted by molar-refractivity contribution is 7.84. The minimum Gasteiger partial charge on any atom is -0.353 e. The molecule has 0 unspecified atom stereocenters. The van der Waals surface area contributed by atoms with Crippen LogP contribution in [0, 0.1) is 0 Å². The van der Waals surface area contributed by atoms with Crippen molar-refractivity contribution in [2.75, 3.05) is 19.0 Å². The van der Waals surface area contributed by atoms with Crippen molar-refractivity contribution in [3.8, 4) is 0 Å². The maximum atomic E-state index is 12.3. The molecule has 1 aromatic carbocycles. The third kappa shape index (κ3) is 3.61. The van der Waals surface area contributed by atoms with Crippen LogP contribution in [0.4, 0.5) is 5.13 Å². The van der Waals surface area contributed by atoms with E-state index in [1.54, 1.807) is 0 Å². The highest BCUT2D eigenvalue weighted by Gasteiger charge is 2.16. The van der Waals surface area contributed by atoms with Crippen LogP contribution in [0.3, 0.4) is 0 Å². The van der Waals surface area contributed by atoms with Gasteiger partial charge in [-0.2, -0.15) is 4.37 Å². The fraction of sp³-hybridized carbons (Fsp3) is 0.385. The van der Waals surface area contributed by atoms with E-state index in [2.05, 4.69) is 9.36 Å². The Bertz CT molecular complexity index is 554. The standard InChI is InChI=1S/C13H17N3OS2/c1-10(11-7-5-4-6-8-11)19(17)9-12-14-13(16(2)3)18-15-12/h4-8,10H,9H2,1-3H3/t10-,19+/m0/s1. The van der Waals surface area contributed by atoms with Crippen LogP contribution in [0.1, 0.15) is 23.6 Å². The first-order chi connectivity index (χ1) is 9.08. The Morgan fingerprint density at radius 1 is 1.32 bits per heavy atom. The van der Waals surface area contributed by atoms with E-state index in [9.17, 15) is 4.21 Å². The zero-order chi connectivity index (χ0) is 13.8. The van der Waals surface area contributed by atoms with Gasteiger partial charge in [-0.25, -0.2) is 4.98 Å². The van der Waals surface area contributed by atoms with Gasteiger partial charge in [0.25, 0.3) is 0 Å². The second kappa shape index (κ2) is 6.25. The maximum Gasteiger partial charge on any atom is 0.204 e. The first-order valence-corrected chi connectivity index (χ1v) is 8.15. The number of nitrogens with zero attached hydrogens (tertiary/aromatic N) is 3. The quantitative estimate of drug-likeness (QED) is 0.850. The van der Waals surface area contributed by atoms with Crippen molar-refractivity contribution in [1.82, 2.24) is 9.36 Å². The molecule has 102 valence electrons. The number of hydrogen-bond acceptors (Lipinski definition) is 5. The normalized spacial score (nSPS) is 14.1. The second-order valence-electron chi connectivity index (χ2n) is 4.47. The Kier molecular flexibility index (Phi) is 4.66. The summed E-state index contributed by atoms with van der Waals surface area (Å²) in [4.78, 5) is 6.27. The van der Waals surface area contributed by atoms with Crippen LogP contribution >= 0.6 is 11.5 Å². The molecule has 0 saturated carbocycles. The van der Waals surface area contributed by atoms with Gasteiger partial charge in [0.1, 0.15) is 0 Å². The zero-order valence-electron chi connectivity index (χ0n) is 11.2. The Morgan fingerprint density at radius 3 is 2.58 bits per heavy atom. The van der Waals surface area contributed by atoms with Crippen LogP contribution in [0.2, 0.25) is 0 Å². The first-order valence-electron chi connectivity index (χ1n) is 6.00. The van der Waals surface area contributed by atoms with E-state index in [-0.39, 0.29) is 5.25 Å². The molecule has 0 spiro atoms. The molecule has 1 aromatic heterocycles. The molecule has 6 heteroatoms. The van der Waals surface area contributed by atoms with Gasteiger partial charge in [-0.15, -0.1) is 0 Å². The fourth-order valence-electron chi connectivity index (χ4n) is 1.61. The Balaban J connectivity index is 2.04. The van der Waals surface area contributed by atoms with Gasteiger partial charge in [0.15, 0.2) is 5.82 Å². The average Bonchev–Trinajstić information content (AvgIpc) is 2.87. The molecule has 0 radical (unpaired) electrons. The van der Waals surface area contributed by atoms with Gasteiger partial charge < -0.3 is 4.90 Å². The van der Waals surface area contributed by atoms with Gasteiger partial charge in [0.2, 0.25) is 5.13 Å². The molecule has 1 heterocycles. The monoisotopic (exact) mass is 295 g/mol. The van der Waals surface area contributed by atoms with Crippen molar-refractivity contribution in [2.24, 2.45) is 0 Å². The van der Waals surface area contributed by atoms with Gasteiger partial charge in [0.05, 0.1) is 11.0 Å². The lowest BCUT2D eigenvalue weighted by atomic mass is 10.2. The molecular weight excluding hydrogens is 278 g/mol. The molecule has 2 atom stereocenters. The summed E-state index contributed by atoms with van der Waals surface area (Å²) >= 11 is 1.34. The Labute approximate surface area is 120 Å². The molecule has 0 aliphatic heterocycles. The van der Waals surface area contributed by atoms with E-state index in [0.29, 0.717) is 11.6 Å². The summed E-state index contributed by atoms with van der Waals surface area (Å²) in [7, 11) is 2.85. The third-order valence-corrected chi connectivity index (χ3v) is 5.30. The van der Waals surface area contributed by atoms with E-state index >= 15 is 0 Å². The minimum absolute atomic E-state index is 0.00694. The number of rotatable bonds is 5. The van der Waals surface area contributed by atoms with Crippen LogP contribution in [-0.4, -0.2) is 27.7 Å². The predicted octanol–water partition coefficient (Wildman–Crippen LogP) is 2.61. The molecule has 0 fully saturated rings. The third-order valence-electron chi connectivity index (χ3n) is 2.77. The number of aromatic nitrogens is 2. The molecule has 0 N–H and O–H groups in total. The van der Waals surface area contributed by atoms with Crippen molar-refractivity contribution in [3.05, 3.63) is 41.7 Å². The molecule has 0 amide bonds. The minimum atomic E-state index is -1.00. The molecular formula is C13H17N3OS2. The van der Waals surface area contributed by atoms with Gasteiger partial charge in [0, 0.05) is 36.4 Å². The largest absolute Gasteiger partial charge is 0.353 e. The number of anilines is 1. The van der Waals surface area contributed by atoms with Crippen LogP contribution in [0.25, 0.3) is 0 Å². The Morgan fingerprint density at radius 2 is 2.00 bits per heavy atom. The first kappa shape index (κ1) is 14.1. The van der Waals surface area contributed by atoms with Crippen LogP contribution in [0.5, 0.6) is 0 Å². The summed E-state index contributed by atoms with van der Waals surface area (Å²) in [6.07, 6.45) is 0. The smallest absolute Gasteiger partial charge is 0.204 e. The summed E-state index contributed by atoms with van der Waals surface area (Å²) in [5.74, 6) is 1.07. The zero-order valence-corrected chi connectivity index (χ0v) is 12.9. The van der Waals surface area contributed by atoms with E-state index < -0.39 is 10.8 Å². The number of hydrogen-bond donors (Lipinski definition) is 0. The van der Waals surface area contributed by atoms with Crippen molar-refractivity contribution in [2.45, 2.75) is 17.9 Å². The van der Waals surface area contributed by atoms with E-state index in [1.165, 1.54) is 11.5 Å². The van der Waals surface area contributed by atoms with E-state index in [1.807, 2.05) is 56.3 Å². The van der Waals surface area contributed by atoms with E-state index in [4.69, 9.17) is 0 Å². The highest BCUT2D eigenvalue weighted by Crippen LogP contribution is 2.22. The Hall–Kier alpha value is -1.27. The lowest BCUT2D eigenvalue weighted by molar-refractivity contribution is 0.674. The molecule has 0 bridgehead atoms. The lowest BCUT2D eigenvalue weighted by Gasteiger charge is -2.10. The summed E-state index contributed by atoms with van der Waals surface area (Å²) < 4.78 is 16.6. The molecule has 2 rings (SSSR count). The van der Waals surface area contributed by atoms with Crippen LogP contribution < -0.4 is 4.90 Å². The summed E-state index contributed by atoms with van der Waals surface area (Å²) in [5, 5.41) is 0.840. The molecule has 0 aliphatic carbocycles. The molecule has 0 aliphatic rings. The second-order valence-corrected chi connectivity index (χ2v) is 6.95. The molecule has 2 aromatic rings. The SMILES string of the molecule is C[C@@H](c1ccccc1)[S@](=O)Cc1nsc(N(C)C)n1.